The molecule has 0 unspecified atom stereocenters. The largest absolute Gasteiger partial charge is 0.496 e. The number of thiazole rings is 1. The number of hydrogen-bond acceptors (Lipinski definition) is 5. The van der Waals surface area contributed by atoms with E-state index in [9.17, 15) is 9.18 Å². The van der Waals surface area contributed by atoms with Gasteiger partial charge in [0, 0.05) is 17.5 Å². The topological polar surface area (TPSA) is 60.5 Å². The highest BCUT2D eigenvalue weighted by Gasteiger charge is 2.12. The molecule has 0 saturated heterocycles. The summed E-state index contributed by atoms with van der Waals surface area (Å²) in [7, 11) is 1.64. The Morgan fingerprint density at radius 3 is 2.67 bits per heavy atom. The Kier molecular flexibility index (Phi) is 7.32. The zero-order valence-electron chi connectivity index (χ0n) is 18.1. The Balaban J connectivity index is 1.31. The molecule has 4 rings (SSSR count). The van der Waals surface area contributed by atoms with Crippen molar-refractivity contribution in [2.45, 2.75) is 13.0 Å². The fourth-order valence-corrected chi connectivity index (χ4v) is 4.11. The van der Waals surface area contributed by atoms with Crippen molar-refractivity contribution in [1.29, 1.82) is 0 Å². The van der Waals surface area contributed by atoms with Crippen molar-refractivity contribution < 1.29 is 18.7 Å². The summed E-state index contributed by atoms with van der Waals surface area (Å²) < 4.78 is 24.3. The van der Waals surface area contributed by atoms with Gasteiger partial charge in [-0.05, 0) is 60.0 Å². The van der Waals surface area contributed by atoms with Crippen LogP contribution >= 0.6 is 11.3 Å². The second-order valence-corrected chi connectivity index (χ2v) is 8.16. The number of rotatable bonds is 9. The molecule has 1 amide bonds. The lowest BCUT2D eigenvalue weighted by atomic mass is 10.1. The average molecular weight is 463 g/mol. The fraction of sp³-hybridized carbons (Fsp3) is 0.154. The lowest BCUT2D eigenvalue weighted by molar-refractivity contribution is 0.0950. The smallest absolute Gasteiger partial charge is 0.270 e. The maximum Gasteiger partial charge on any atom is 0.270 e. The highest BCUT2D eigenvalue weighted by atomic mass is 32.1. The summed E-state index contributed by atoms with van der Waals surface area (Å²) in [5.41, 5.74) is 3.09. The molecule has 1 aromatic heterocycles. The molecule has 4 aromatic rings. The van der Waals surface area contributed by atoms with Gasteiger partial charge >= 0.3 is 0 Å². The monoisotopic (exact) mass is 462 g/mol. The van der Waals surface area contributed by atoms with Gasteiger partial charge in [0.1, 0.15) is 34.6 Å². The number of carbonyl (C=O) groups excluding carboxylic acids is 1. The van der Waals surface area contributed by atoms with Crippen molar-refractivity contribution in [1.82, 2.24) is 10.3 Å². The van der Waals surface area contributed by atoms with E-state index in [0.29, 0.717) is 24.4 Å². The average Bonchev–Trinajstić information content (AvgIpc) is 3.34. The van der Waals surface area contributed by atoms with E-state index in [1.54, 1.807) is 18.6 Å². The van der Waals surface area contributed by atoms with Gasteiger partial charge in [-0.25, -0.2) is 9.37 Å². The van der Waals surface area contributed by atoms with E-state index in [1.807, 2.05) is 54.6 Å². The maximum absolute atomic E-state index is 13.3. The highest BCUT2D eigenvalue weighted by Crippen LogP contribution is 2.26. The maximum atomic E-state index is 13.3. The van der Waals surface area contributed by atoms with E-state index in [1.165, 1.54) is 23.5 Å². The molecule has 0 fully saturated rings. The lowest BCUT2D eigenvalue weighted by Gasteiger charge is -2.08. The van der Waals surface area contributed by atoms with Crippen LogP contribution in [0.25, 0.3) is 10.6 Å². The molecular formula is C26H23FN2O3S. The summed E-state index contributed by atoms with van der Waals surface area (Å²) in [5, 5.41) is 5.42. The number of para-hydroxylation sites is 1. The van der Waals surface area contributed by atoms with E-state index in [4.69, 9.17) is 9.47 Å². The first-order chi connectivity index (χ1) is 16.1. The molecule has 0 saturated carbocycles. The van der Waals surface area contributed by atoms with Crippen LogP contribution < -0.4 is 14.8 Å². The van der Waals surface area contributed by atoms with E-state index >= 15 is 0 Å². The van der Waals surface area contributed by atoms with Gasteiger partial charge in [-0.15, -0.1) is 11.3 Å². The number of aromatic nitrogens is 1. The third-order valence-corrected chi connectivity index (χ3v) is 5.90. The van der Waals surface area contributed by atoms with E-state index in [-0.39, 0.29) is 18.3 Å². The molecule has 1 N–H and O–H groups in total. The third-order valence-electron chi connectivity index (χ3n) is 5.01. The number of ether oxygens (including phenoxy) is 2. The third kappa shape index (κ3) is 5.96. The van der Waals surface area contributed by atoms with E-state index in [0.717, 1.165) is 27.4 Å². The van der Waals surface area contributed by atoms with Gasteiger partial charge in [0.05, 0.1) is 7.11 Å². The van der Waals surface area contributed by atoms with Crippen molar-refractivity contribution in [3.05, 3.63) is 101 Å². The number of carbonyl (C=O) groups is 1. The first kappa shape index (κ1) is 22.5. The van der Waals surface area contributed by atoms with Crippen molar-refractivity contribution >= 4 is 17.2 Å². The van der Waals surface area contributed by atoms with Crippen LogP contribution in [0.4, 0.5) is 4.39 Å². The molecule has 0 aliphatic heterocycles. The zero-order valence-corrected chi connectivity index (χ0v) is 18.9. The molecule has 0 aliphatic carbocycles. The molecular weight excluding hydrogens is 439 g/mol. The van der Waals surface area contributed by atoms with Gasteiger partial charge in [-0.2, -0.15) is 0 Å². The molecule has 7 heteroatoms. The van der Waals surface area contributed by atoms with Crippen molar-refractivity contribution in [2.24, 2.45) is 0 Å². The first-order valence-corrected chi connectivity index (χ1v) is 11.3. The predicted molar refractivity (Wildman–Crippen MR) is 127 cm³/mol. The van der Waals surface area contributed by atoms with Crippen molar-refractivity contribution in [3.63, 3.8) is 0 Å². The Morgan fingerprint density at radius 2 is 1.88 bits per heavy atom. The molecule has 0 atom stereocenters. The molecule has 0 bridgehead atoms. The van der Waals surface area contributed by atoms with Crippen LogP contribution in [-0.2, 0) is 13.0 Å². The van der Waals surface area contributed by atoms with Gasteiger partial charge in [-0.1, -0.05) is 30.3 Å². The van der Waals surface area contributed by atoms with Crippen LogP contribution in [0.1, 0.15) is 21.6 Å². The Hall–Kier alpha value is -3.71. The Labute approximate surface area is 195 Å². The minimum atomic E-state index is -0.283. The van der Waals surface area contributed by atoms with E-state index in [2.05, 4.69) is 10.3 Å². The molecule has 33 heavy (non-hydrogen) atoms. The molecule has 1 heterocycles. The second kappa shape index (κ2) is 10.7. The minimum absolute atomic E-state index is 0.206. The molecule has 0 aliphatic rings. The fourth-order valence-electron chi connectivity index (χ4n) is 3.31. The van der Waals surface area contributed by atoms with Crippen LogP contribution in [0, 0.1) is 5.82 Å². The summed E-state index contributed by atoms with van der Waals surface area (Å²) >= 11 is 1.41. The van der Waals surface area contributed by atoms with Crippen molar-refractivity contribution in [3.8, 4) is 22.1 Å². The molecule has 0 radical (unpaired) electrons. The number of nitrogens with one attached hydrogen (secondary N) is 1. The molecule has 3 aromatic carbocycles. The SMILES string of the molecule is COc1ccccc1CCNC(=O)c1csc(-c2ccc(OCc3cccc(F)c3)cc2)n1. The summed E-state index contributed by atoms with van der Waals surface area (Å²) in [6.07, 6.45) is 0.670. The van der Waals surface area contributed by atoms with Crippen LogP contribution in [0.5, 0.6) is 11.5 Å². The lowest BCUT2D eigenvalue weighted by Crippen LogP contribution is -2.26. The molecule has 0 spiro atoms. The van der Waals surface area contributed by atoms with Crippen LogP contribution in [-0.4, -0.2) is 24.5 Å². The van der Waals surface area contributed by atoms with Gasteiger partial charge < -0.3 is 14.8 Å². The normalized spacial score (nSPS) is 10.6. The summed E-state index contributed by atoms with van der Waals surface area (Å²) in [5.74, 6) is 0.997. The van der Waals surface area contributed by atoms with Crippen LogP contribution in [0.15, 0.2) is 78.2 Å². The van der Waals surface area contributed by atoms with Crippen LogP contribution in [0.3, 0.4) is 0 Å². The number of benzene rings is 3. The van der Waals surface area contributed by atoms with Gasteiger partial charge in [-0.3, -0.25) is 4.79 Å². The standard InChI is InChI=1S/C26H23FN2O3S/c1-31-24-8-3-2-6-19(24)13-14-28-25(30)23-17-33-26(29-23)20-9-11-22(12-10-20)32-16-18-5-4-7-21(27)15-18/h2-12,15,17H,13-14,16H2,1H3,(H,28,30). The molecule has 168 valence electrons. The van der Waals surface area contributed by atoms with Gasteiger partial charge in [0.25, 0.3) is 5.91 Å². The number of halogens is 1. The Morgan fingerprint density at radius 1 is 1.06 bits per heavy atom. The van der Waals surface area contributed by atoms with Gasteiger partial charge in [0.15, 0.2) is 0 Å². The zero-order chi connectivity index (χ0) is 23.0. The quantitative estimate of drug-likeness (QED) is 0.356. The second-order valence-electron chi connectivity index (χ2n) is 7.30. The summed E-state index contributed by atoms with van der Waals surface area (Å²) in [6.45, 7) is 0.775. The minimum Gasteiger partial charge on any atom is -0.496 e. The summed E-state index contributed by atoms with van der Waals surface area (Å²) in [6, 6.07) is 21.5. The predicted octanol–water partition coefficient (Wildman–Crippen LogP) is 5.51. The van der Waals surface area contributed by atoms with Crippen LogP contribution in [0.2, 0.25) is 0 Å². The molecule has 5 nitrogen and oxygen atoms in total. The van der Waals surface area contributed by atoms with Crippen molar-refractivity contribution in [2.75, 3.05) is 13.7 Å². The Bertz CT molecular complexity index is 1220. The number of nitrogens with zero attached hydrogens (tertiary/aromatic N) is 1. The number of amides is 1. The van der Waals surface area contributed by atoms with E-state index < -0.39 is 0 Å². The number of methoxy groups -OCH3 is 1. The number of hydrogen-bond donors (Lipinski definition) is 1. The highest BCUT2D eigenvalue weighted by molar-refractivity contribution is 7.13. The van der Waals surface area contributed by atoms with Gasteiger partial charge in [0.2, 0.25) is 0 Å². The first-order valence-electron chi connectivity index (χ1n) is 10.5. The summed E-state index contributed by atoms with van der Waals surface area (Å²) in [4.78, 5) is 17.0.